The van der Waals surface area contributed by atoms with Crippen LogP contribution in [0, 0.1) is 5.92 Å². The summed E-state index contributed by atoms with van der Waals surface area (Å²) in [5.41, 5.74) is 7.90. The van der Waals surface area contributed by atoms with Crippen LogP contribution in [0.1, 0.15) is 134 Å². The fourth-order valence-corrected chi connectivity index (χ4v) is 11.3. The predicted molar refractivity (Wildman–Crippen MR) is 267 cm³/mol. The number of carbonyl (C=O) groups excluding carboxylic acids is 2. The molecule has 0 radical (unpaired) electrons. The second kappa shape index (κ2) is 21.1. The van der Waals surface area contributed by atoms with Crippen molar-refractivity contribution >= 4 is 22.9 Å². The third kappa shape index (κ3) is 10.5. The summed E-state index contributed by atoms with van der Waals surface area (Å²) < 4.78 is 32.1. The van der Waals surface area contributed by atoms with E-state index in [1.807, 2.05) is 45.0 Å². The number of hydrogen-bond donors (Lipinski definition) is 1. The number of aliphatic hydroxyl groups excluding tert-OH is 1. The minimum atomic E-state index is -1.23. The fourth-order valence-electron chi connectivity index (χ4n) is 11.3. The number of ether oxygens (including phenoxy) is 4. The van der Waals surface area contributed by atoms with Crippen LogP contribution in [0.25, 0.3) is 11.0 Å². The number of aryl methyl sites for hydroxylation is 2. The van der Waals surface area contributed by atoms with Gasteiger partial charge in [0.05, 0.1) is 18.8 Å². The van der Waals surface area contributed by atoms with Gasteiger partial charge in [-0.15, -0.1) is 0 Å². The molecule has 6 unspecified atom stereocenters. The number of esters is 2. The van der Waals surface area contributed by atoms with Gasteiger partial charge in [0.25, 0.3) is 0 Å². The summed E-state index contributed by atoms with van der Waals surface area (Å²) in [6, 6.07) is 41.9. The number of benzene rings is 5. The Hall–Kier alpha value is -6.29. The summed E-state index contributed by atoms with van der Waals surface area (Å²) in [5.74, 6) is -0.345. The number of hydrogen-bond acceptors (Lipinski definition) is 9. The molecule has 0 spiro atoms. The first-order chi connectivity index (χ1) is 33.5. The lowest BCUT2D eigenvalue weighted by Crippen LogP contribution is -2.54. The largest absolute Gasteiger partial charge is 0.483 e. The smallest absolute Gasteiger partial charge is 0.339 e. The van der Waals surface area contributed by atoms with Crippen molar-refractivity contribution in [1.29, 1.82) is 0 Å². The van der Waals surface area contributed by atoms with Crippen LogP contribution in [-0.2, 0) is 56.1 Å². The third-order valence-corrected chi connectivity index (χ3v) is 15.0. The lowest BCUT2D eigenvalue weighted by atomic mass is 9.68. The van der Waals surface area contributed by atoms with Gasteiger partial charge in [0.2, 0.25) is 0 Å². The molecule has 4 heterocycles. The normalized spacial score (nSPS) is 22.7. The van der Waals surface area contributed by atoms with E-state index >= 15 is 4.79 Å². The van der Waals surface area contributed by atoms with E-state index in [0.29, 0.717) is 59.1 Å². The minimum Gasteiger partial charge on any atom is -0.483 e. The Morgan fingerprint density at radius 2 is 1.51 bits per heavy atom. The molecular formula is C60H64O9. The second-order valence-electron chi connectivity index (χ2n) is 19.8. The van der Waals surface area contributed by atoms with Crippen molar-refractivity contribution in [3.8, 4) is 5.75 Å². The topological polar surface area (TPSA) is 122 Å². The molecule has 0 saturated heterocycles. The van der Waals surface area contributed by atoms with Gasteiger partial charge in [0.1, 0.15) is 16.9 Å². The molecule has 6 aromatic rings. The molecule has 3 aliphatic heterocycles. The van der Waals surface area contributed by atoms with Gasteiger partial charge in [-0.3, -0.25) is 4.79 Å². The number of aliphatic hydroxyl groups is 1. The van der Waals surface area contributed by atoms with Crippen LogP contribution >= 0.6 is 0 Å². The zero-order chi connectivity index (χ0) is 48.1. The van der Waals surface area contributed by atoms with Crippen LogP contribution in [0.4, 0.5) is 0 Å². The van der Waals surface area contributed by atoms with Crippen molar-refractivity contribution in [3.05, 3.63) is 193 Å². The van der Waals surface area contributed by atoms with Gasteiger partial charge in [0, 0.05) is 36.5 Å². The van der Waals surface area contributed by atoms with Crippen LogP contribution in [0.5, 0.6) is 5.75 Å². The van der Waals surface area contributed by atoms with E-state index in [1.165, 1.54) is 22.3 Å². The van der Waals surface area contributed by atoms with E-state index in [2.05, 4.69) is 84.9 Å². The zero-order valence-corrected chi connectivity index (χ0v) is 40.3. The number of rotatable bonds is 11. The van der Waals surface area contributed by atoms with E-state index in [4.69, 9.17) is 23.4 Å². The molecule has 10 rings (SSSR count). The highest BCUT2D eigenvalue weighted by atomic mass is 16.6. The predicted octanol–water partition coefficient (Wildman–Crippen LogP) is 11.8. The molecule has 1 N–H and O–H groups in total. The number of carbonyl (C=O) groups is 2. The summed E-state index contributed by atoms with van der Waals surface area (Å²) >= 11 is 0. The van der Waals surface area contributed by atoms with Gasteiger partial charge in [0.15, 0.2) is 12.2 Å². The summed E-state index contributed by atoms with van der Waals surface area (Å²) in [4.78, 5) is 43.9. The number of methoxy groups -OCH3 is 1. The van der Waals surface area contributed by atoms with Crippen LogP contribution < -0.4 is 10.4 Å². The highest BCUT2D eigenvalue weighted by Gasteiger charge is 2.53. The third-order valence-electron chi connectivity index (χ3n) is 15.0. The fraction of sp³-hybridized carbons (Fsp3) is 0.383. The lowest BCUT2D eigenvalue weighted by molar-refractivity contribution is -0.192. The molecule has 358 valence electrons. The van der Waals surface area contributed by atoms with E-state index in [0.717, 1.165) is 48.8 Å². The molecule has 6 atom stereocenters. The van der Waals surface area contributed by atoms with Crippen molar-refractivity contribution in [3.63, 3.8) is 0 Å². The summed E-state index contributed by atoms with van der Waals surface area (Å²) in [5, 5.41) is 11.3. The minimum absolute atomic E-state index is 0.0718. The Morgan fingerprint density at radius 1 is 0.768 bits per heavy atom. The van der Waals surface area contributed by atoms with Crippen molar-refractivity contribution < 1.29 is 38.1 Å². The monoisotopic (exact) mass is 928 g/mol. The van der Waals surface area contributed by atoms with Crippen molar-refractivity contribution in [2.45, 2.75) is 128 Å². The van der Waals surface area contributed by atoms with Crippen LogP contribution in [0.2, 0.25) is 0 Å². The molecule has 5 aromatic carbocycles. The zero-order valence-electron chi connectivity index (χ0n) is 40.3. The van der Waals surface area contributed by atoms with E-state index in [1.54, 1.807) is 19.2 Å². The lowest BCUT2D eigenvalue weighted by Gasteiger charge is -2.45. The molecule has 9 heteroatoms. The van der Waals surface area contributed by atoms with Gasteiger partial charge < -0.3 is 28.5 Å². The first kappa shape index (κ1) is 47.8. The van der Waals surface area contributed by atoms with Gasteiger partial charge >= 0.3 is 17.6 Å². The Kier molecular flexibility index (Phi) is 14.6. The highest BCUT2D eigenvalue weighted by molar-refractivity contribution is 5.90. The molecule has 2 bridgehead atoms. The van der Waals surface area contributed by atoms with E-state index in [-0.39, 0.29) is 42.8 Å². The maximum atomic E-state index is 15.2. The SMILES string of the molecule is COCCc1c(CO)c2ccc3c(c2oc1=O)C1OC(=O)CC2CC(c4cccc(Cc5ccccc5)c4)CCC2c2ccc(cc2)CCC(=C(C)C)C(=O)OC1C(C)(CCCc1ccccc1)O3. The Morgan fingerprint density at radius 3 is 2.23 bits per heavy atom. The van der Waals surface area contributed by atoms with Crippen LogP contribution in [-0.4, -0.2) is 42.5 Å². The molecule has 9 nitrogen and oxygen atoms in total. The Bertz CT molecular complexity index is 2860. The van der Waals surface area contributed by atoms with Crippen LogP contribution in [0.15, 0.2) is 142 Å². The highest BCUT2D eigenvalue weighted by Crippen LogP contribution is 2.51. The first-order valence-electron chi connectivity index (χ1n) is 24.7. The molecule has 1 fully saturated rings. The van der Waals surface area contributed by atoms with Gasteiger partial charge in [-0.2, -0.15) is 0 Å². The molecule has 0 amide bonds. The summed E-state index contributed by atoms with van der Waals surface area (Å²) in [7, 11) is 1.55. The molecular weight excluding hydrogens is 865 g/mol. The standard InChI is InChI=1S/C60H64O9/c1-38(2)47-26-22-40-20-23-43(24-21-40)48-27-25-45(44-19-11-17-42(34-44)33-41-15-9-6-10-16-41)35-46(48)36-53(62)66-56-54-52(29-28-49-51(37-61)50(30-32-65-4)59(64)67-55(49)54)69-60(3,57(56)68-58(47)63)31-12-18-39-13-7-5-8-14-39/h5-11,13-17,19-21,23-24,28-29,34,45-46,48,56-57,61H,12,18,22,25-27,30-33,35-37H2,1-4H3. The first-order valence-corrected chi connectivity index (χ1v) is 24.7. The Balaban J connectivity index is 1.14. The molecule has 1 aromatic heterocycles. The average Bonchev–Trinajstić information content (AvgIpc) is 3.34. The van der Waals surface area contributed by atoms with E-state index in [9.17, 15) is 14.7 Å². The maximum Gasteiger partial charge on any atom is 0.339 e. The van der Waals surface area contributed by atoms with Gasteiger partial charge in [-0.05, 0) is 147 Å². The number of allylic oxidation sites excluding steroid dienone is 1. The second-order valence-corrected chi connectivity index (χ2v) is 19.8. The van der Waals surface area contributed by atoms with Crippen LogP contribution in [0.3, 0.4) is 0 Å². The quantitative estimate of drug-likeness (QED) is 0.0769. The maximum absolute atomic E-state index is 15.2. The van der Waals surface area contributed by atoms with Crippen molar-refractivity contribution in [2.24, 2.45) is 5.92 Å². The molecule has 4 aliphatic rings. The summed E-state index contributed by atoms with van der Waals surface area (Å²) in [6.45, 7) is 5.55. The van der Waals surface area contributed by atoms with Crippen molar-refractivity contribution in [2.75, 3.05) is 13.7 Å². The number of fused-ring (bicyclic) bond motifs is 11. The summed E-state index contributed by atoms with van der Waals surface area (Å²) in [6.07, 6.45) is 4.40. The van der Waals surface area contributed by atoms with Crippen molar-refractivity contribution in [1.82, 2.24) is 0 Å². The molecule has 1 saturated carbocycles. The molecule has 69 heavy (non-hydrogen) atoms. The van der Waals surface area contributed by atoms with Gasteiger partial charge in [-0.1, -0.05) is 115 Å². The average molecular weight is 929 g/mol. The van der Waals surface area contributed by atoms with E-state index < -0.39 is 42.0 Å². The Labute approximate surface area is 405 Å². The van der Waals surface area contributed by atoms with Gasteiger partial charge in [-0.25, -0.2) is 9.59 Å². The molecule has 1 aliphatic carbocycles.